The first kappa shape index (κ1) is 16.4. The van der Waals surface area contributed by atoms with Gasteiger partial charge in [0.25, 0.3) is 5.91 Å². The largest absolute Gasteiger partial charge is 0.492 e. The molecule has 0 radical (unpaired) electrons. The Morgan fingerprint density at radius 3 is 2.68 bits per heavy atom. The molecule has 25 heavy (non-hydrogen) atoms. The highest BCUT2D eigenvalue weighted by atomic mass is 16.5. The van der Waals surface area contributed by atoms with E-state index in [1.54, 1.807) is 6.20 Å². The van der Waals surface area contributed by atoms with Crippen molar-refractivity contribution in [3.63, 3.8) is 0 Å². The third-order valence-corrected chi connectivity index (χ3v) is 5.15. The van der Waals surface area contributed by atoms with Gasteiger partial charge in [0.05, 0.1) is 12.8 Å². The predicted molar refractivity (Wildman–Crippen MR) is 97.0 cm³/mol. The van der Waals surface area contributed by atoms with Crippen LogP contribution in [0.2, 0.25) is 0 Å². The Kier molecular flexibility index (Phi) is 4.88. The number of rotatable bonds is 6. The zero-order valence-corrected chi connectivity index (χ0v) is 14.7. The van der Waals surface area contributed by atoms with E-state index in [-0.39, 0.29) is 5.91 Å². The second-order valence-electron chi connectivity index (χ2n) is 7.04. The number of hydrogen-bond acceptors (Lipinski definition) is 4. The van der Waals surface area contributed by atoms with E-state index in [1.807, 2.05) is 17.0 Å². The Bertz CT molecular complexity index is 730. The molecule has 0 aromatic carbocycles. The van der Waals surface area contributed by atoms with Crippen molar-refractivity contribution in [2.45, 2.75) is 32.1 Å². The number of aromatic amines is 1. The summed E-state index contributed by atoms with van der Waals surface area (Å²) in [4.78, 5) is 24.4. The fourth-order valence-electron chi connectivity index (χ4n) is 3.76. The number of nitrogens with one attached hydrogen (secondary N) is 1. The Morgan fingerprint density at radius 1 is 1.12 bits per heavy atom. The van der Waals surface area contributed by atoms with Gasteiger partial charge in [0.15, 0.2) is 0 Å². The monoisotopic (exact) mass is 342 g/mol. The van der Waals surface area contributed by atoms with Crippen LogP contribution in [0.4, 0.5) is 0 Å². The van der Waals surface area contributed by atoms with Crippen LogP contribution in [-0.4, -0.2) is 65.0 Å². The van der Waals surface area contributed by atoms with Crippen molar-refractivity contribution in [2.24, 2.45) is 0 Å². The molecule has 0 spiro atoms. The molecule has 134 valence electrons. The van der Waals surface area contributed by atoms with Gasteiger partial charge in [-0.15, -0.1) is 0 Å². The third-order valence-electron chi connectivity index (χ3n) is 5.15. The molecule has 2 aliphatic rings. The SMILES string of the molecule is O=C(c1cc2cc(OCCCN3CCCC3)cnc2[nH]1)N1CCCC1. The van der Waals surface area contributed by atoms with Gasteiger partial charge in [-0.25, -0.2) is 4.98 Å². The smallest absolute Gasteiger partial charge is 0.270 e. The summed E-state index contributed by atoms with van der Waals surface area (Å²) in [5, 5.41) is 0.930. The summed E-state index contributed by atoms with van der Waals surface area (Å²) in [6.07, 6.45) is 7.61. The average molecular weight is 342 g/mol. The molecular weight excluding hydrogens is 316 g/mol. The van der Waals surface area contributed by atoms with Crippen molar-refractivity contribution in [3.8, 4) is 5.75 Å². The molecule has 0 bridgehead atoms. The number of likely N-dealkylation sites (tertiary alicyclic amines) is 2. The highest BCUT2D eigenvalue weighted by molar-refractivity contribution is 5.97. The maximum absolute atomic E-state index is 12.5. The molecule has 4 rings (SSSR count). The van der Waals surface area contributed by atoms with Crippen molar-refractivity contribution < 1.29 is 9.53 Å². The van der Waals surface area contributed by atoms with Gasteiger partial charge >= 0.3 is 0 Å². The second kappa shape index (κ2) is 7.44. The molecule has 2 fully saturated rings. The van der Waals surface area contributed by atoms with E-state index < -0.39 is 0 Å². The minimum absolute atomic E-state index is 0.0728. The van der Waals surface area contributed by atoms with Crippen LogP contribution in [0.1, 0.15) is 42.6 Å². The molecule has 0 aliphatic carbocycles. The summed E-state index contributed by atoms with van der Waals surface area (Å²) in [5.41, 5.74) is 1.36. The van der Waals surface area contributed by atoms with Crippen LogP contribution in [0.25, 0.3) is 11.0 Å². The number of carbonyl (C=O) groups is 1. The predicted octanol–water partition coefficient (Wildman–Crippen LogP) is 2.66. The number of nitrogens with zero attached hydrogens (tertiary/aromatic N) is 3. The number of aromatic nitrogens is 2. The minimum atomic E-state index is 0.0728. The second-order valence-corrected chi connectivity index (χ2v) is 7.04. The fraction of sp³-hybridized carbons (Fsp3) is 0.579. The molecule has 4 heterocycles. The van der Waals surface area contributed by atoms with E-state index in [2.05, 4.69) is 14.9 Å². The Morgan fingerprint density at radius 2 is 1.88 bits per heavy atom. The average Bonchev–Trinajstić information content (AvgIpc) is 3.39. The lowest BCUT2D eigenvalue weighted by atomic mass is 10.3. The molecule has 0 saturated carbocycles. The Hall–Kier alpha value is -2.08. The quantitative estimate of drug-likeness (QED) is 0.820. The Balaban J connectivity index is 1.35. The lowest BCUT2D eigenvalue weighted by Crippen LogP contribution is -2.27. The summed E-state index contributed by atoms with van der Waals surface area (Å²) in [6, 6.07) is 3.86. The maximum atomic E-state index is 12.5. The van der Waals surface area contributed by atoms with E-state index in [9.17, 15) is 4.79 Å². The zero-order valence-electron chi connectivity index (χ0n) is 14.7. The van der Waals surface area contributed by atoms with Gasteiger partial charge in [0, 0.05) is 25.0 Å². The highest BCUT2D eigenvalue weighted by Gasteiger charge is 2.21. The molecule has 2 aromatic rings. The molecular formula is C19H26N4O2. The van der Waals surface area contributed by atoms with Gasteiger partial charge in [-0.3, -0.25) is 4.79 Å². The van der Waals surface area contributed by atoms with Crippen LogP contribution in [-0.2, 0) is 0 Å². The molecule has 2 saturated heterocycles. The van der Waals surface area contributed by atoms with E-state index in [0.717, 1.165) is 55.7 Å². The van der Waals surface area contributed by atoms with Crippen LogP contribution in [0.3, 0.4) is 0 Å². The van der Waals surface area contributed by atoms with Crippen molar-refractivity contribution in [3.05, 3.63) is 24.0 Å². The molecule has 1 amide bonds. The molecule has 2 aromatic heterocycles. The van der Waals surface area contributed by atoms with Crippen LogP contribution in [0, 0.1) is 0 Å². The van der Waals surface area contributed by atoms with Crippen molar-refractivity contribution >= 4 is 16.9 Å². The molecule has 6 heteroatoms. The van der Waals surface area contributed by atoms with Crippen molar-refractivity contribution in [1.82, 2.24) is 19.8 Å². The highest BCUT2D eigenvalue weighted by Crippen LogP contribution is 2.21. The lowest BCUT2D eigenvalue weighted by molar-refractivity contribution is 0.0788. The van der Waals surface area contributed by atoms with Crippen molar-refractivity contribution in [2.75, 3.05) is 39.3 Å². The summed E-state index contributed by atoms with van der Waals surface area (Å²) < 4.78 is 5.85. The maximum Gasteiger partial charge on any atom is 0.270 e. The number of ether oxygens (including phenoxy) is 1. The number of carbonyl (C=O) groups excluding carboxylic acids is 1. The first-order chi connectivity index (χ1) is 12.3. The van der Waals surface area contributed by atoms with Crippen LogP contribution < -0.4 is 4.74 Å². The van der Waals surface area contributed by atoms with Gasteiger partial charge in [-0.1, -0.05) is 0 Å². The topological polar surface area (TPSA) is 61.5 Å². The van der Waals surface area contributed by atoms with Gasteiger partial charge < -0.3 is 19.5 Å². The number of hydrogen-bond donors (Lipinski definition) is 1. The summed E-state index contributed by atoms with van der Waals surface area (Å²) in [5.74, 6) is 0.844. The number of fused-ring (bicyclic) bond motifs is 1. The molecule has 0 atom stereocenters. The van der Waals surface area contributed by atoms with Gasteiger partial charge in [0.1, 0.15) is 17.1 Å². The van der Waals surface area contributed by atoms with Gasteiger partial charge in [-0.05, 0) is 57.3 Å². The van der Waals surface area contributed by atoms with Crippen LogP contribution in [0.5, 0.6) is 5.75 Å². The number of H-pyrrole nitrogens is 1. The zero-order chi connectivity index (χ0) is 17.1. The van der Waals surface area contributed by atoms with Crippen LogP contribution >= 0.6 is 0 Å². The normalized spacial score (nSPS) is 18.3. The van der Waals surface area contributed by atoms with Crippen molar-refractivity contribution in [1.29, 1.82) is 0 Å². The Labute approximate surface area is 148 Å². The first-order valence-corrected chi connectivity index (χ1v) is 9.43. The molecule has 2 aliphatic heterocycles. The third kappa shape index (κ3) is 3.79. The standard InChI is InChI=1S/C19H26N4O2/c24-19(23-9-3-4-10-23)17-13-15-12-16(14-20-18(15)21-17)25-11-5-8-22-6-1-2-7-22/h12-14H,1-11H2,(H,20,21). The van der Waals surface area contributed by atoms with Gasteiger partial charge in [0.2, 0.25) is 0 Å². The van der Waals surface area contributed by atoms with Crippen LogP contribution in [0.15, 0.2) is 18.3 Å². The van der Waals surface area contributed by atoms with E-state index in [4.69, 9.17) is 4.74 Å². The minimum Gasteiger partial charge on any atom is -0.492 e. The summed E-state index contributed by atoms with van der Waals surface area (Å²) in [7, 11) is 0. The fourth-order valence-corrected chi connectivity index (χ4v) is 3.76. The molecule has 6 nitrogen and oxygen atoms in total. The molecule has 1 N–H and O–H groups in total. The number of pyridine rings is 1. The number of amides is 1. The summed E-state index contributed by atoms with van der Waals surface area (Å²) >= 11 is 0. The van der Waals surface area contributed by atoms with E-state index in [0.29, 0.717) is 12.3 Å². The van der Waals surface area contributed by atoms with Gasteiger partial charge in [-0.2, -0.15) is 0 Å². The first-order valence-electron chi connectivity index (χ1n) is 9.43. The summed E-state index contributed by atoms with van der Waals surface area (Å²) in [6.45, 7) is 5.97. The van der Waals surface area contributed by atoms with E-state index in [1.165, 1.54) is 25.9 Å². The van der Waals surface area contributed by atoms with E-state index >= 15 is 0 Å². The lowest BCUT2D eigenvalue weighted by Gasteiger charge is -2.14. The molecule has 0 unspecified atom stereocenters.